The number of aliphatic hydroxyl groups is 1. The average Bonchev–Trinajstić information content (AvgIpc) is 3.46. The fraction of sp³-hybridized carbons (Fsp3) is 0.179. The van der Waals surface area contributed by atoms with E-state index in [1.54, 1.807) is 42.5 Å². The first-order chi connectivity index (χ1) is 18.4. The van der Waals surface area contributed by atoms with Crippen molar-refractivity contribution in [3.63, 3.8) is 0 Å². The van der Waals surface area contributed by atoms with E-state index < -0.39 is 23.5 Å². The summed E-state index contributed by atoms with van der Waals surface area (Å²) in [6, 6.07) is 14.6. The summed E-state index contributed by atoms with van der Waals surface area (Å²) in [6.07, 6.45) is 0. The minimum absolute atomic E-state index is 0.125. The van der Waals surface area contributed by atoms with E-state index in [-0.39, 0.29) is 16.5 Å². The van der Waals surface area contributed by atoms with Gasteiger partial charge in [-0.05, 0) is 55.0 Å². The van der Waals surface area contributed by atoms with E-state index in [4.69, 9.17) is 14.2 Å². The Labute approximate surface area is 221 Å². The van der Waals surface area contributed by atoms with Crippen LogP contribution in [0.5, 0.6) is 17.2 Å². The molecule has 1 unspecified atom stereocenters. The number of fused-ring (bicyclic) bond motifs is 1. The van der Waals surface area contributed by atoms with Crippen LogP contribution in [-0.2, 0) is 9.59 Å². The zero-order chi connectivity index (χ0) is 27.0. The number of hydrogen-bond donors (Lipinski definition) is 1. The molecule has 1 aliphatic rings. The van der Waals surface area contributed by atoms with Gasteiger partial charge >= 0.3 is 5.91 Å². The van der Waals surface area contributed by atoms with Crippen molar-refractivity contribution in [1.29, 1.82) is 0 Å². The van der Waals surface area contributed by atoms with Crippen molar-refractivity contribution < 1.29 is 33.3 Å². The molecule has 1 aliphatic heterocycles. The van der Waals surface area contributed by atoms with E-state index >= 15 is 0 Å². The van der Waals surface area contributed by atoms with Crippen molar-refractivity contribution >= 4 is 44.1 Å². The third kappa shape index (κ3) is 4.32. The van der Waals surface area contributed by atoms with Crippen molar-refractivity contribution in [2.45, 2.75) is 13.0 Å². The van der Waals surface area contributed by atoms with Crippen molar-refractivity contribution in [2.75, 3.05) is 25.7 Å². The topological polar surface area (TPSA) is 98.2 Å². The molecule has 0 radical (unpaired) electrons. The third-order valence-corrected chi connectivity index (χ3v) is 7.15. The Balaban J connectivity index is 1.74. The van der Waals surface area contributed by atoms with Gasteiger partial charge in [0.05, 0.1) is 42.7 Å². The van der Waals surface area contributed by atoms with Crippen molar-refractivity contribution in [1.82, 2.24) is 4.98 Å². The molecular weight excluding hydrogens is 511 g/mol. The number of hydrogen-bond acceptors (Lipinski definition) is 8. The highest BCUT2D eigenvalue weighted by molar-refractivity contribution is 7.22. The molecule has 0 bridgehead atoms. The second-order valence-electron chi connectivity index (χ2n) is 8.35. The number of thiazole rings is 1. The summed E-state index contributed by atoms with van der Waals surface area (Å²) < 4.78 is 30.8. The Kier molecular flexibility index (Phi) is 6.73. The third-order valence-electron chi connectivity index (χ3n) is 6.14. The lowest BCUT2D eigenvalue weighted by molar-refractivity contribution is -0.132. The van der Waals surface area contributed by atoms with Crippen LogP contribution in [-0.4, -0.2) is 42.6 Å². The largest absolute Gasteiger partial charge is 0.507 e. The van der Waals surface area contributed by atoms with Gasteiger partial charge in [-0.15, -0.1) is 0 Å². The van der Waals surface area contributed by atoms with E-state index in [2.05, 4.69) is 4.98 Å². The molecule has 3 aromatic carbocycles. The Morgan fingerprint density at radius 1 is 1.05 bits per heavy atom. The summed E-state index contributed by atoms with van der Waals surface area (Å²) in [5, 5.41) is 11.6. The zero-order valence-electron chi connectivity index (χ0n) is 20.7. The molecule has 1 atom stereocenters. The first-order valence-electron chi connectivity index (χ1n) is 11.7. The minimum Gasteiger partial charge on any atom is -0.507 e. The molecule has 1 amide bonds. The van der Waals surface area contributed by atoms with E-state index in [0.29, 0.717) is 45.2 Å². The molecule has 8 nitrogen and oxygen atoms in total. The number of anilines is 1. The van der Waals surface area contributed by atoms with Gasteiger partial charge in [0.2, 0.25) is 0 Å². The maximum absolute atomic E-state index is 13.9. The number of nitrogens with zero attached hydrogens (tertiary/aromatic N) is 2. The zero-order valence-corrected chi connectivity index (χ0v) is 21.5. The Bertz CT molecular complexity index is 1600. The highest BCUT2D eigenvalue weighted by atomic mass is 32.1. The van der Waals surface area contributed by atoms with Crippen LogP contribution in [0.4, 0.5) is 9.52 Å². The van der Waals surface area contributed by atoms with Crippen LogP contribution >= 0.6 is 11.3 Å². The molecule has 0 spiro atoms. The fourth-order valence-corrected chi connectivity index (χ4v) is 5.41. The number of carbonyl (C=O) groups is 2. The van der Waals surface area contributed by atoms with E-state index in [1.807, 2.05) is 6.92 Å². The smallest absolute Gasteiger partial charge is 0.301 e. The van der Waals surface area contributed by atoms with Gasteiger partial charge in [0.1, 0.15) is 17.3 Å². The minimum atomic E-state index is -1.05. The molecule has 38 heavy (non-hydrogen) atoms. The van der Waals surface area contributed by atoms with Crippen LogP contribution in [0.25, 0.3) is 16.0 Å². The quantitative estimate of drug-likeness (QED) is 0.191. The first kappa shape index (κ1) is 25.2. The molecule has 4 aromatic rings. The second kappa shape index (κ2) is 10.1. The SMILES string of the molecule is CCOc1ccc(C2C(=C(O)c3cccc(OC)c3)C(=O)C(=O)N2c2nc3ccc(F)cc3s2)cc1OC. The number of aromatic nitrogens is 1. The summed E-state index contributed by atoms with van der Waals surface area (Å²) in [5.41, 5.74) is 1.14. The van der Waals surface area contributed by atoms with Gasteiger partial charge in [0, 0.05) is 5.56 Å². The van der Waals surface area contributed by atoms with E-state index in [0.717, 1.165) is 11.3 Å². The van der Waals surface area contributed by atoms with Crippen LogP contribution in [0.1, 0.15) is 24.1 Å². The van der Waals surface area contributed by atoms with Crippen LogP contribution in [0.2, 0.25) is 0 Å². The lowest BCUT2D eigenvalue weighted by Gasteiger charge is -2.24. The van der Waals surface area contributed by atoms with Crippen LogP contribution < -0.4 is 19.1 Å². The molecule has 1 N–H and O–H groups in total. The normalized spacial score (nSPS) is 16.7. The molecule has 5 rings (SSSR count). The summed E-state index contributed by atoms with van der Waals surface area (Å²) in [6.45, 7) is 2.25. The van der Waals surface area contributed by atoms with Gasteiger partial charge < -0.3 is 19.3 Å². The van der Waals surface area contributed by atoms with E-state index in [1.165, 1.54) is 37.3 Å². The summed E-state index contributed by atoms with van der Waals surface area (Å²) in [5.74, 6) is -1.21. The Morgan fingerprint density at radius 3 is 2.61 bits per heavy atom. The van der Waals surface area contributed by atoms with E-state index in [9.17, 15) is 19.1 Å². The van der Waals surface area contributed by atoms with Crippen molar-refractivity contribution in [3.05, 3.63) is 83.2 Å². The lowest BCUT2D eigenvalue weighted by Crippen LogP contribution is -2.29. The van der Waals surface area contributed by atoms with Crippen LogP contribution in [0.3, 0.4) is 0 Å². The van der Waals surface area contributed by atoms with Crippen LogP contribution in [0, 0.1) is 5.82 Å². The van der Waals surface area contributed by atoms with Crippen molar-refractivity contribution in [2.24, 2.45) is 0 Å². The predicted molar refractivity (Wildman–Crippen MR) is 142 cm³/mol. The maximum atomic E-state index is 13.9. The van der Waals surface area contributed by atoms with Gasteiger partial charge in [-0.25, -0.2) is 9.37 Å². The standard InChI is InChI=1S/C28H23FN2O6S/c1-4-37-20-11-8-15(13-21(20)36-3)24-23(25(32)16-6-5-7-18(12-16)35-2)26(33)27(34)31(24)28-30-19-10-9-17(29)14-22(19)38-28/h5-14,24,32H,4H2,1-3H3. The fourth-order valence-electron chi connectivity index (χ4n) is 4.39. The highest BCUT2D eigenvalue weighted by Gasteiger charge is 2.48. The molecule has 194 valence electrons. The molecule has 1 saturated heterocycles. The maximum Gasteiger partial charge on any atom is 0.301 e. The van der Waals surface area contributed by atoms with Gasteiger partial charge in [-0.2, -0.15) is 0 Å². The van der Waals surface area contributed by atoms with Crippen LogP contribution in [0.15, 0.2) is 66.2 Å². The molecular formula is C28H23FN2O6S. The number of ether oxygens (including phenoxy) is 3. The molecule has 10 heteroatoms. The Hall–Kier alpha value is -4.44. The van der Waals surface area contributed by atoms with Gasteiger partial charge in [-0.1, -0.05) is 29.5 Å². The number of carbonyl (C=O) groups excluding carboxylic acids is 2. The summed E-state index contributed by atoms with van der Waals surface area (Å²) in [4.78, 5) is 32.7. The number of ketones is 1. The second-order valence-corrected chi connectivity index (χ2v) is 9.36. The van der Waals surface area contributed by atoms with Gasteiger partial charge in [0.15, 0.2) is 16.6 Å². The number of aliphatic hydroxyl groups excluding tert-OH is 1. The summed E-state index contributed by atoms with van der Waals surface area (Å²) in [7, 11) is 2.97. The number of methoxy groups -OCH3 is 2. The highest BCUT2D eigenvalue weighted by Crippen LogP contribution is 2.46. The number of benzene rings is 3. The summed E-state index contributed by atoms with van der Waals surface area (Å²) >= 11 is 1.07. The first-order valence-corrected chi connectivity index (χ1v) is 12.5. The number of Topliss-reactive ketones (excluding diaryl/α,β-unsaturated/α-hetero) is 1. The number of halogens is 1. The monoisotopic (exact) mass is 534 g/mol. The molecule has 2 heterocycles. The van der Waals surface area contributed by atoms with Crippen molar-refractivity contribution in [3.8, 4) is 17.2 Å². The lowest BCUT2D eigenvalue weighted by atomic mass is 9.95. The number of rotatable bonds is 7. The number of amides is 1. The van der Waals surface area contributed by atoms with Gasteiger partial charge in [0.25, 0.3) is 5.78 Å². The Morgan fingerprint density at radius 2 is 1.87 bits per heavy atom. The predicted octanol–water partition coefficient (Wildman–Crippen LogP) is 5.48. The molecule has 1 aromatic heterocycles. The molecule has 0 aliphatic carbocycles. The van der Waals surface area contributed by atoms with Gasteiger partial charge in [-0.3, -0.25) is 14.5 Å². The molecule has 0 saturated carbocycles. The average molecular weight is 535 g/mol. The molecule has 1 fully saturated rings.